The van der Waals surface area contributed by atoms with E-state index in [4.69, 9.17) is 0 Å². The average molecular weight is 553 g/mol. The Morgan fingerprint density at radius 2 is 1.95 bits per heavy atom. The molecule has 4 aromatic rings. The first-order chi connectivity index (χ1) is 18.7. The highest BCUT2D eigenvalue weighted by molar-refractivity contribution is 7.13. The van der Waals surface area contributed by atoms with Crippen LogP contribution in [-0.4, -0.2) is 65.6 Å². The van der Waals surface area contributed by atoms with Gasteiger partial charge in [-0.05, 0) is 19.3 Å². The molecule has 204 valence electrons. The van der Waals surface area contributed by atoms with Gasteiger partial charge in [0.1, 0.15) is 23.4 Å². The lowest BCUT2D eigenvalue weighted by molar-refractivity contribution is -0.121. The van der Waals surface area contributed by atoms with Gasteiger partial charge in [0.05, 0.1) is 6.33 Å². The molecule has 0 spiro atoms. The van der Waals surface area contributed by atoms with Crippen molar-refractivity contribution in [1.29, 1.82) is 0 Å². The number of nitrogens with one attached hydrogen (secondary N) is 2. The van der Waals surface area contributed by atoms with E-state index in [0.717, 1.165) is 29.6 Å². The zero-order chi connectivity index (χ0) is 27.8. The van der Waals surface area contributed by atoms with Crippen molar-refractivity contribution in [2.75, 3.05) is 30.4 Å². The Bertz CT molecular complexity index is 1670. The summed E-state index contributed by atoms with van der Waals surface area (Å²) in [7, 11) is 2.86. The smallest absolute Gasteiger partial charge is 0.332 e. The van der Waals surface area contributed by atoms with Gasteiger partial charge in [0.15, 0.2) is 11.2 Å². The Hall–Kier alpha value is -4.40. The number of rotatable bonds is 7. The molecule has 2 atom stereocenters. The topological polar surface area (TPSA) is 162 Å². The summed E-state index contributed by atoms with van der Waals surface area (Å²) in [6.45, 7) is 5.24. The lowest BCUT2D eigenvalue weighted by atomic mass is 10.2. The summed E-state index contributed by atoms with van der Waals surface area (Å²) in [5, 5.41) is 7.52. The van der Waals surface area contributed by atoms with Gasteiger partial charge in [-0.3, -0.25) is 19.0 Å². The van der Waals surface area contributed by atoms with E-state index < -0.39 is 35.6 Å². The van der Waals surface area contributed by atoms with Crippen molar-refractivity contribution in [3.05, 3.63) is 44.9 Å². The van der Waals surface area contributed by atoms with Crippen LogP contribution in [0.4, 0.5) is 11.8 Å². The van der Waals surface area contributed by atoms with E-state index in [0.29, 0.717) is 22.7 Å². The molecule has 39 heavy (non-hydrogen) atoms. The molecule has 15 heteroatoms. The molecule has 0 saturated carbocycles. The second kappa shape index (κ2) is 10.4. The quantitative estimate of drug-likeness (QED) is 0.334. The SMILES string of the molecule is CNC(=O)Cn1c(=O)c2c(ncn2[C@@H](C)C(=O)Nc2csc(-c3cnc(N4CCC(C)C4)nc3)n2)n(C)c1=O. The third-order valence-electron chi connectivity index (χ3n) is 6.78. The number of thiazole rings is 1. The minimum Gasteiger partial charge on any atom is -0.358 e. The van der Waals surface area contributed by atoms with Gasteiger partial charge in [0, 0.05) is 50.5 Å². The highest BCUT2D eigenvalue weighted by atomic mass is 32.1. The molecule has 0 aliphatic carbocycles. The Kier molecular flexibility index (Phi) is 6.99. The van der Waals surface area contributed by atoms with Crippen molar-refractivity contribution in [2.45, 2.75) is 32.9 Å². The monoisotopic (exact) mass is 552 g/mol. The predicted octanol–water partition coefficient (Wildman–Crippen LogP) is 0.602. The van der Waals surface area contributed by atoms with Crippen LogP contribution in [0.2, 0.25) is 0 Å². The third-order valence-corrected chi connectivity index (χ3v) is 7.67. The fraction of sp³-hybridized carbons (Fsp3) is 0.417. The molecule has 5 rings (SSSR count). The first kappa shape index (κ1) is 26.2. The molecule has 4 aromatic heterocycles. The number of hydrogen-bond acceptors (Lipinski definition) is 10. The first-order valence-electron chi connectivity index (χ1n) is 12.4. The number of hydrogen-bond donors (Lipinski definition) is 2. The Morgan fingerprint density at radius 3 is 2.62 bits per heavy atom. The lowest BCUT2D eigenvalue weighted by Gasteiger charge is -2.15. The summed E-state index contributed by atoms with van der Waals surface area (Å²) in [5.41, 5.74) is -0.507. The summed E-state index contributed by atoms with van der Waals surface area (Å²) in [6.07, 6.45) is 5.90. The molecule has 2 amide bonds. The molecule has 14 nitrogen and oxygen atoms in total. The van der Waals surface area contributed by atoms with E-state index in [9.17, 15) is 19.2 Å². The van der Waals surface area contributed by atoms with Gasteiger partial charge in [-0.2, -0.15) is 0 Å². The fourth-order valence-electron chi connectivity index (χ4n) is 4.48. The van der Waals surface area contributed by atoms with Crippen molar-refractivity contribution in [3.8, 4) is 10.6 Å². The largest absolute Gasteiger partial charge is 0.358 e. The molecular formula is C24H28N10O4S. The summed E-state index contributed by atoms with van der Waals surface area (Å²) in [6, 6.07) is -0.871. The maximum absolute atomic E-state index is 13.2. The van der Waals surface area contributed by atoms with Gasteiger partial charge in [-0.25, -0.2) is 29.3 Å². The number of nitrogens with zero attached hydrogens (tertiary/aromatic N) is 8. The molecule has 0 bridgehead atoms. The summed E-state index contributed by atoms with van der Waals surface area (Å²) in [4.78, 5) is 70.6. The number of aromatic nitrogens is 7. The molecule has 5 heterocycles. The van der Waals surface area contributed by atoms with Crippen LogP contribution in [0.1, 0.15) is 26.3 Å². The number of imidazole rings is 1. The number of aryl methyl sites for hydroxylation is 1. The van der Waals surface area contributed by atoms with Crippen molar-refractivity contribution < 1.29 is 9.59 Å². The molecule has 1 aliphatic heterocycles. The van der Waals surface area contributed by atoms with E-state index in [2.05, 4.69) is 42.4 Å². The Labute approximate surface area is 226 Å². The van der Waals surface area contributed by atoms with Crippen LogP contribution in [-0.2, 0) is 23.2 Å². The second-order valence-electron chi connectivity index (χ2n) is 9.54. The van der Waals surface area contributed by atoms with Crippen LogP contribution in [0.5, 0.6) is 0 Å². The first-order valence-corrected chi connectivity index (χ1v) is 13.3. The van der Waals surface area contributed by atoms with Crippen LogP contribution in [0.15, 0.2) is 33.7 Å². The van der Waals surface area contributed by atoms with Gasteiger partial charge >= 0.3 is 5.69 Å². The van der Waals surface area contributed by atoms with E-state index in [1.807, 2.05) is 0 Å². The number of fused-ring (bicyclic) bond motifs is 1. The Morgan fingerprint density at radius 1 is 1.21 bits per heavy atom. The van der Waals surface area contributed by atoms with Crippen LogP contribution < -0.4 is 26.8 Å². The molecule has 1 aliphatic rings. The fourth-order valence-corrected chi connectivity index (χ4v) is 5.20. The highest BCUT2D eigenvalue weighted by Crippen LogP contribution is 2.27. The molecule has 2 N–H and O–H groups in total. The van der Waals surface area contributed by atoms with Crippen LogP contribution in [0, 0.1) is 5.92 Å². The van der Waals surface area contributed by atoms with Gasteiger partial charge in [0.2, 0.25) is 17.8 Å². The zero-order valence-corrected chi connectivity index (χ0v) is 22.7. The van der Waals surface area contributed by atoms with E-state index in [-0.39, 0.29) is 11.2 Å². The van der Waals surface area contributed by atoms with Crippen LogP contribution >= 0.6 is 11.3 Å². The van der Waals surface area contributed by atoms with E-state index >= 15 is 0 Å². The number of carbonyl (C=O) groups excluding carboxylic acids is 2. The van der Waals surface area contributed by atoms with E-state index in [1.54, 1.807) is 24.7 Å². The average Bonchev–Trinajstić information content (AvgIpc) is 3.69. The standard InChI is InChI=1S/C24H28N10O4S/c1-13-5-6-32(9-13)23-26-7-15(8-27-23)21-30-16(11-39-21)29-20(36)14(2)34-12-28-19-18(34)22(37)33(10-17(35)25-3)24(38)31(19)4/h7-8,11-14H,5-6,9-10H2,1-4H3,(H,25,35)(H,29,36)/t13?,14-/m0/s1. The highest BCUT2D eigenvalue weighted by Gasteiger charge is 2.24. The molecule has 1 fully saturated rings. The van der Waals surface area contributed by atoms with Crippen LogP contribution in [0.25, 0.3) is 21.7 Å². The number of likely N-dealkylation sites (N-methyl/N-ethyl adjacent to an activating group) is 1. The maximum atomic E-state index is 13.2. The summed E-state index contributed by atoms with van der Waals surface area (Å²) < 4.78 is 3.37. The minimum absolute atomic E-state index is 0.0345. The number of anilines is 2. The molecular weight excluding hydrogens is 524 g/mol. The van der Waals surface area contributed by atoms with Gasteiger partial charge in [-0.15, -0.1) is 11.3 Å². The van der Waals surface area contributed by atoms with Gasteiger partial charge in [0.25, 0.3) is 5.56 Å². The minimum atomic E-state index is -0.871. The van der Waals surface area contributed by atoms with Crippen LogP contribution in [0.3, 0.4) is 0 Å². The number of amides is 2. The van der Waals surface area contributed by atoms with Crippen molar-refractivity contribution >= 4 is 46.1 Å². The molecule has 0 radical (unpaired) electrons. The van der Waals surface area contributed by atoms with Crippen molar-refractivity contribution in [3.63, 3.8) is 0 Å². The van der Waals surface area contributed by atoms with Crippen molar-refractivity contribution in [2.24, 2.45) is 13.0 Å². The summed E-state index contributed by atoms with van der Waals surface area (Å²) in [5.74, 6) is 0.721. The molecule has 1 unspecified atom stereocenters. The zero-order valence-electron chi connectivity index (χ0n) is 21.9. The predicted molar refractivity (Wildman–Crippen MR) is 146 cm³/mol. The number of carbonyl (C=O) groups is 2. The Balaban J connectivity index is 1.35. The second-order valence-corrected chi connectivity index (χ2v) is 10.4. The molecule has 0 aromatic carbocycles. The van der Waals surface area contributed by atoms with Gasteiger partial charge in [-0.1, -0.05) is 6.92 Å². The summed E-state index contributed by atoms with van der Waals surface area (Å²) >= 11 is 1.34. The molecule has 1 saturated heterocycles. The normalized spacial score (nSPS) is 16.0. The van der Waals surface area contributed by atoms with Crippen molar-refractivity contribution in [1.82, 2.24) is 39.0 Å². The lowest BCUT2D eigenvalue weighted by Crippen LogP contribution is -2.43. The van der Waals surface area contributed by atoms with E-state index in [1.165, 1.54) is 40.9 Å². The maximum Gasteiger partial charge on any atom is 0.332 e. The van der Waals surface area contributed by atoms with Gasteiger partial charge < -0.3 is 20.1 Å². The third kappa shape index (κ3) is 4.92.